The molecule has 102 valence electrons. The molecule has 0 aliphatic rings. The van der Waals surface area contributed by atoms with Crippen LogP contribution in [0.3, 0.4) is 0 Å². The molecule has 1 aromatic carbocycles. The largest absolute Gasteiger partial charge is 0.487 e. The Morgan fingerprint density at radius 1 is 1.32 bits per heavy atom. The minimum Gasteiger partial charge on any atom is -0.487 e. The van der Waals surface area contributed by atoms with Gasteiger partial charge >= 0.3 is 0 Å². The van der Waals surface area contributed by atoms with Crippen molar-refractivity contribution in [3.63, 3.8) is 0 Å². The number of rotatable bonds is 3. The lowest BCUT2D eigenvalue weighted by Gasteiger charge is -2.20. The molecule has 0 fully saturated rings. The van der Waals surface area contributed by atoms with Crippen LogP contribution in [0.15, 0.2) is 18.2 Å². The Labute approximate surface area is 122 Å². The minimum absolute atomic E-state index is 0.144. The fourth-order valence-corrected chi connectivity index (χ4v) is 2.31. The fraction of sp³-hybridized carbons (Fsp3) is 0.429. The van der Waals surface area contributed by atoms with Gasteiger partial charge in [0.1, 0.15) is 22.4 Å². The minimum atomic E-state index is 0.144. The lowest BCUT2D eigenvalue weighted by atomic mass is 9.86. The number of benzene rings is 1. The maximum Gasteiger partial charge on any atom is 0.141 e. The zero-order valence-corrected chi connectivity index (χ0v) is 13.1. The van der Waals surface area contributed by atoms with Gasteiger partial charge in [0.25, 0.3) is 0 Å². The molecule has 0 atom stereocenters. The molecule has 0 saturated carbocycles. The van der Waals surface area contributed by atoms with Crippen LogP contribution in [0.1, 0.15) is 37.6 Å². The summed E-state index contributed by atoms with van der Waals surface area (Å²) in [5.41, 5.74) is 3.24. The van der Waals surface area contributed by atoms with Crippen LogP contribution >= 0.6 is 23.1 Å². The molecular weight excluding hydrogens is 280 g/mol. The average molecular weight is 297 g/mol. The van der Waals surface area contributed by atoms with Crippen LogP contribution in [0.2, 0.25) is 4.34 Å². The van der Waals surface area contributed by atoms with Gasteiger partial charge in [0.15, 0.2) is 0 Å². The molecule has 0 radical (unpaired) electrons. The van der Waals surface area contributed by atoms with Gasteiger partial charge in [-0.25, -0.2) is 0 Å². The van der Waals surface area contributed by atoms with E-state index in [2.05, 4.69) is 42.5 Å². The monoisotopic (exact) mass is 296 g/mol. The Morgan fingerprint density at radius 3 is 2.58 bits per heavy atom. The van der Waals surface area contributed by atoms with Gasteiger partial charge in [0.05, 0.1) is 0 Å². The molecule has 19 heavy (non-hydrogen) atoms. The Hall–Kier alpha value is -1.13. The first-order chi connectivity index (χ1) is 8.88. The van der Waals surface area contributed by atoms with E-state index in [0.717, 1.165) is 11.3 Å². The molecule has 0 saturated heterocycles. The van der Waals surface area contributed by atoms with E-state index in [4.69, 9.17) is 16.3 Å². The quantitative estimate of drug-likeness (QED) is 0.843. The summed E-state index contributed by atoms with van der Waals surface area (Å²) in [6.07, 6.45) is 0. The van der Waals surface area contributed by atoms with Crippen molar-refractivity contribution in [2.24, 2.45) is 0 Å². The molecule has 0 spiro atoms. The summed E-state index contributed by atoms with van der Waals surface area (Å²) in [7, 11) is 0. The number of aryl methyl sites for hydroxylation is 1. The van der Waals surface area contributed by atoms with E-state index >= 15 is 0 Å². The smallest absolute Gasteiger partial charge is 0.141 e. The van der Waals surface area contributed by atoms with E-state index in [-0.39, 0.29) is 5.41 Å². The summed E-state index contributed by atoms with van der Waals surface area (Å²) < 4.78 is 10.1. The molecule has 2 aromatic rings. The second kappa shape index (κ2) is 5.47. The van der Waals surface area contributed by atoms with Gasteiger partial charge in [-0.05, 0) is 29.5 Å². The average Bonchev–Trinajstić information content (AvgIpc) is 2.72. The number of aromatic nitrogens is 2. The highest BCUT2D eigenvalue weighted by Crippen LogP contribution is 2.28. The topological polar surface area (TPSA) is 35.0 Å². The van der Waals surface area contributed by atoms with Crippen LogP contribution in [0.5, 0.6) is 5.75 Å². The van der Waals surface area contributed by atoms with E-state index in [1.165, 1.54) is 17.1 Å². The van der Waals surface area contributed by atoms with Crippen LogP contribution in [0, 0.1) is 6.92 Å². The molecule has 0 bridgehead atoms. The van der Waals surface area contributed by atoms with Crippen LogP contribution in [-0.2, 0) is 12.0 Å². The SMILES string of the molecule is Cc1cc(C(C)(C)C)ccc1OCc1nnsc1Cl. The molecule has 2 rings (SSSR count). The van der Waals surface area contributed by atoms with Crippen molar-refractivity contribution in [1.29, 1.82) is 0 Å². The van der Waals surface area contributed by atoms with E-state index in [1.807, 2.05) is 13.0 Å². The zero-order valence-electron chi connectivity index (χ0n) is 11.5. The first kappa shape index (κ1) is 14.3. The molecule has 0 unspecified atom stereocenters. The highest BCUT2D eigenvalue weighted by Gasteiger charge is 2.15. The maximum absolute atomic E-state index is 5.94. The predicted octanol–water partition coefficient (Wildman–Crippen LogP) is 4.38. The summed E-state index contributed by atoms with van der Waals surface area (Å²) in [5, 5.41) is 3.93. The van der Waals surface area contributed by atoms with Gasteiger partial charge < -0.3 is 4.74 Å². The first-order valence-corrected chi connectivity index (χ1v) is 7.24. The van der Waals surface area contributed by atoms with Crippen molar-refractivity contribution >= 4 is 23.1 Å². The van der Waals surface area contributed by atoms with Crippen LogP contribution < -0.4 is 4.74 Å². The lowest BCUT2D eigenvalue weighted by Crippen LogP contribution is -2.11. The van der Waals surface area contributed by atoms with Crippen LogP contribution in [0.25, 0.3) is 0 Å². The van der Waals surface area contributed by atoms with Gasteiger partial charge in [-0.3, -0.25) is 0 Å². The van der Waals surface area contributed by atoms with E-state index < -0.39 is 0 Å². The van der Waals surface area contributed by atoms with Crippen molar-refractivity contribution in [2.45, 2.75) is 39.7 Å². The molecule has 1 aromatic heterocycles. The molecule has 0 aliphatic carbocycles. The van der Waals surface area contributed by atoms with Crippen molar-refractivity contribution in [1.82, 2.24) is 9.59 Å². The van der Waals surface area contributed by atoms with Gasteiger partial charge in [0, 0.05) is 11.5 Å². The summed E-state index contributed by atoms with van der Waals surface area (Å²) in [4.78, 5) is 0. The number of halogens is 1. The summed E-state index contributed by atoms with van der Waals surface area (Å²) in [6, 6.07) is 6.27. The standard InChI is InChI=1S/C14H17ClN2OS/c1-9-7-10(14(2,3)4)5-6-12(9)18-8-11-13(15)19-17-16-11/h5-7H,8H2,1-4H3. The van der Waals surface area contributed by atoms with Gasteiger partial charge in [-0.2, -0.15) is 0 Å². The zero-order chi connectivity index (χ0) is 14.0. The second-order valence-electron chi connectivity index (χ2n) is 5.51. The highest BCUT2D eigenvalue weighted by molar-refractivity contribution is 7.10. The summed E-state index contributed by atoms with van der Waals surface area (Å²) in [5.74, 6) is 0.858. The molecule has 1 heterocycles. The van der Waals surface area contributed by atoms with E-state index in [0.29, 0.717) is 16.6 Å². The first-order valence-electron chi connectivity index (χ1n) is 6.08. The third kappa shape index (κ3) is 3.45. The predicted molar refractivity (Wildman–Crippen MR) is 79.1 cm³/mol. The van der Waals surface area contributed by atoms with Gasteiger partial charge in [-0.1, -0.05) is 49.0 Å². The second-order valence-corrected chi connectivity index (χ2v) is 6.87. The number of hydrogen-bond donors (Lipinski definition) is 0. The van der Waals surface area contributed by atoms with Crippen molar-refractivity contribution in [3.8, 4) is 5.75 Å². The molecule has 0 aliphatic heterocycles. The maximum atomic E-state index is 5.94. The molecule has 3 nitrogen and oxygen atoms in total. The molecule has 0 N–H and O–H groups in total. The Morgan fingerprint density at radius 2 is 2.05 bits per heavy atom. The van der Waals surface area contributed by atoms with Crippen molar-refractivity contribution in [3.05, 3.63) is 39.4 Å². The number of hydrogen-bond acceptors (Lipinski definition) is 4. The Kier molecular flexibility index (Phi) is 4.11. The molecular formula is C14H17ClN2OS. The van der Waals surface area contributed by atoms with Gasteiger partial charge in [-0.15, -0.1) is 5.10 Å². The Bertz CT molecular complexity index is 575. The van der Waals surface area contributed by atoms with Crippen LogP contribution in [0.4, 0.5) is 0 Å². The van der Waals surface area contributed by atoms with Crippen molar-refractivity contribution in [2.75, 3.05) is 0 Å². The summed E-state index contributed by atoms with van der Waals surface area (Å²) in [6.45, 7) is 8.99. The van der Waals surface area contributed by atoms with E-state index in [9.17, 15) is 0 Å². The number of nitrogens with zero attached hydrogens (tertiary/aromatic N) is 2. The Balaban J connectivity index is 2.12. The highest BCUT2D eigenvalue weighted by atomic mass is 35.5. The summed E-state index contributed by atoms with van der Waals surface area (Å²) >= 11 is 7.12. The number of ether oxygens (including phenoxy) is 1. The third-order valence-corrected chi connectivity index (χ3v) is 3.90. The fourth-order valence-electron chi connectivity index (χ4n) is 1.71. The van der Waals surface area contributed by atoms with Crippen LogP contribution in [-0.4, -0.2) is 9.59 Å². The van der Waals surface area contributed by atoms with Crippen molar-refractivity contribution < 1.29 is 4.74 Å². The molecule has 0 amide bonds. The third-order valence-electron chi connectivity index (χ3n) is 2.91. The normalized spacial score (nSPS) is 11.6. The van der Waals surface area contributed by atoms with Gasteiger partial charge in [0.2, 0.25) is 0 Å². The van der Waals surface area contributed by atoms with E-state index in [1.54, 1.807) is 0 Å². The lowest BCUT2D eigenvalue weighted by molar-refractivity contribution is 0.299. The molecule has 5 heteroatoms.